The van der Waals surface area contributed by atoms with E-state index in [9.17, 15) is 13.2 Å². The zero-order chi connectivity index (χ0) is 15.8. The minimum Gasteiger partial charge on any atom is -0.478 e. The maximum Gasteiger partial charge on any atom is 0.335 e. The fraction of sp³-hybridized carbons (Fsp3) is 0.500. The van der Waals surface area contributed by atoms with Gasteiger partial charge in [-0.25, -0.2) is 17.9 Å². The van der Waals surface area contributed by atoms with Gasteiger partial charge >= 0.3 is 5.97 Å². The number of hydrogen-bond acceptors (Lipinski definition) is 3. The average molecular weight is 376 g/mol. The Morgan fingerprint density at radius 3 is 2.62 bits per heavy atom. The minimum atomic E-state index is -3.73. The summed E-state index contributed by atoms with van der Waals surface area (Å²) in [6.07, 6.45) is 2.31. The Morgan fingerprint density at radius 1 is 1.48 bits per heavy atom. The van der Waals surface area contributed by atoms with Crippen LogP contribution in [0, 0.1) is 18.8 Å². The molecule has 116 valence electrons. The highest BCUT2D eigenvalue weighted by Gasteiger charge is 2.29. The lowest BCUT2D eigenvalue weighted by molar-refractivity contribution is 0.0696. The fourth-order valence-electron chi connectivity index (χ4n) is 2.21. The highest BCUT2D eigenvalue weighted by molar-refractivity contribution is 9.10. The maximum atomic E-state index is 12.4. The van der Waals surface area contributed by atoms with Crippen molar-refractivity contribution in [3.8, 4) is 0 Å². The van der Waals surface area contributed by atoms with Gasteiger partial charge in [0, 0.05) is 11.0 Å². The van der Waals surface area contributed by atoms with Gasteiger partial charge in [-0.15, -0.1) is 0 Å². The molecule has 7 heteroatoms. The molecule has 1 fully saturated rings. The van der Waals surface area contributed by atoms with E-state index in [1.807, 2.05) is 6.92 Å². The molecule has 0 radical (unpaired) electrons. The number of rotatable bonds is 6. The van der Waals surface area contributed by atoms with Crippen molar-refractivity contribution < 1.29 is 18.3 Å². The molecule has 1 atom stereocenters. The van der Waals surface area contributed by atoms with E-state index >= 15 is 0 Å². The Hall–Kier alpha value is -0.920. The van der Waals surface area contributed by atoms with Gasteiger partial charge in [0.25, 0.3) is 0 Å². The van der Waals surface area contributed by atoms with Crippen molar-refractivity contribution in [1.29, 1.82) is 0 Å². The number of aryl methyl sites for hydroxylation is 1. The number of benzene rings is 1. The summed E-state index contributed by atoms with van der Waals surface area (Å²) in [5.41, 5.74) is 0.539. The van der Waals surface area contributed by atoms with Crippen LogP contribution in [0.3, 0.4) is 0 Å². The molecule has 2 N–H and O–H groups in total. The van der Waals surface area contributed by atoms with Gasteiger partial charge in [-0.05, 0) is 65.2 Å². The van der Waals surface area contributed by atoms with E-state index in [0.717, 1.165) is 12.8 Å². The molecule has 0 heterocycles. The second-order valence-electron chi connectivity index (χ2n) is 5.58. The Morgan fingerprint density at radius 2 is 2.10 bits per heavy atom. The van der Waals surface area contributed by atoms with Crippen LogP contribution in [-0.2, 0) is 10.0 Å². The normalized spacial score (nSPS) is 16.7. The third-order valence-electron chi connectivity index (χ3n) is 3.78. The van der Waals surface area contributed by atoms with Crippen molar-refractivity contribution >= 4 is 31.9 Å². The highest BCUT2D eigenvalue weighted by Crippen LogP contribution is 2.36. The van der Waals surface area contributed by atoms with Crippen molar-refractivity contribution in [3.63, 3.8) is 0 Å². The van der Waals surface area contributed by atoms with Gasteiger partial charge < -0.3 is 5.11 Å². The molecule has 1 aliphatic carbocycles. The molecule has 0 spiro atoms. The summed E-state index contributed by atoms with van der Waals surface area (Å²) in [5, 5.41) is 9.06. The number of halogens is 1. The molecular weight excluding hydrogens is 358 g/mol. The Bertz CT molecular complexity index is 668. The predicted octanol–water partition coefficient (Wildman–Crippen LogP) is 2.78. The first kappa shape index (κ1) is 16.5. The molecule has 0 saturated heterocycles. The van der Waals surface area contributed by atoms with Crippen LogP contribution in [0.5, 0.6) is 0 Å². The van der Waals surface area contributed by atoms with Gasteiger partial charge in [0.1, 0.15) is 0 Å². The van der Waals surface area contributed by atoms with Crippen molar-refractivity contribution in [2.24, 2.45) is 11.8 Å². The van der Waals surface area contributed by atoms with E-state index in [4.69, 9.17) is 5.11 Å². The molecule has 5 nitrogen and oxygen atoms in total. The third-order valence-corrected chi connectivity index (χ3v) is 6.54. The van der Waals surface area contributed by atoms with Crippen LogP contribution in [0.4, 0.5) is 0 Å². The van der Waals surface area contributed by atoms with E-state index in [0.29, 0.717) is 28.4 Å². The van der Waals surface area contributed by atoms with Gasteiger partial charge in [0.05, 0.1) is 10.5 Å². The van der Waals surface area contributed by atoms with E-state index in [-0.39, 0.29) is 10.5 Å². The van der Waals surface area contributed by atoms with Gasteiger partial charge in [-0.2, -0.15) is 0 Å². The summed E-state index contributed by atoms with van der Waals surface area (Å²) in [7, 11) is -3.73. The molecule has 1 saturated carbocycles. The van der Waals surface area contributed by atoms with Crippen molar-refractivity contribution in [2.75, 3.05) is 6.54 Å². The second-order valence-corrected chi connectivity index (χ2v) is 8.11. The first-order chi connectivity index (χ1) is 9.72. The van der Waals surface area contributed by atoms with Crippen molar-refractivity contribution in [1.82, 2.24) is 4.72 Å². The van der Waals surface area contributed by atoms with Crippen molar-refractivity contribution in [3.05, 3.63) is 27.7 Å². The van der Waals surface area contributed by atoms with Gasteiger partial charge in [-0.1, -0.05) is 6.92 Å². The first-order valence-electron chi connectivity index (χ1n) is 6.75. The van der Waals surface area contributed by atoms with E-state index < -0.39 is 16.0 Å². The SMILES string of the molecule is Cc1cc(C(=O)O)cc(S(=O)(=O)NCC(C)C2CC2)c1Br. The standard InChI is InChI=1S/C14H18BrNO4S/c1-8-5-11(14(17)18)6-12(13(8)15)21(19,20)16-7-9(2)10-3-4-10/h5-6,9-10,16H,3-4,7H2,1-2H3,(H,17,18). The Labute approximate surface area is 132 Å². The molecule has 0 aliphatic heterocycles. The maximum absolute atomic E-state index is 12.4. The number of sulfonamides is 1. The summed E-state index contributed by atoms with van der Waals surface area (Å²) in [6, 6.07) is 2.63. The average Bonchev–Trinajstić information content (AvgIpc) is 3.23. The fourth-order valence-corrected chi connectivity index (χ4v) is 4.39. The lowest BCUT2D eigenvalue weighted by atomic mass is 10.1. The Balaban J connectivity index is 2.27. The molecule has 21 heavy (non-hydrogen) atoms. The number of aromatic carboxylic acids is 1. The molecule has 1 unspecified atom stereocenters. The number of hydrogen-bond donors (Lipinski definition) is 2. The van der Waals surface area contributed by atoms with Crippen LogP contribution in [0.15, 0.2) is 21.5 Å². The van der Waals surface area contributed by atoms with Crippen LogP contribution in [-0.4, -0.2) is 26.0 Å². The summed E-state index contributed by atoms with van der Waals surface area (Å²) in [6.45, 7) is 4.06. The summed E-state index contributed by atoms with van der Waals surface area (Å²) in [5.74, 6) is -0.251. The van der Waals surface area contributed by atoms with Gasteiger partial charge in [-0.3, -0.25) is 0 Å². The van der Waals surface area contributed by atoms with E-state index in [1.165, 1.54) is 12.1 Å². The number of carboxylic acid groups (broad SMARTS) is 1. The molecule has 1 aliphatic rings. The number of nitrogens with one attached hydrogen (secondary N) is 1. The zero-order valence-corrected chi connectivity index (χ0v) is 14.3. The zero-order valence-electron chi connectivity index (χ0n) is 11.9. The molecule has 0 bridgehead atoms. The molecule has 0 amide bonds. The van der Waals surface area contributed by atoms with Crippen molar-refractivity contribution in [2.45, 2.75) is 31.6 Å². The smallest absolute Gasteiger partial charge is 0.335 e. The summed E-state index contributed by atoms with van der Waals surface area (Å²) >= 11 is 3.24. The summed E-state index contributed by atoms with van der Waals surface area (Å²) < 4.78 is 27.8. The lowest BCUT2D eigenvalue weighted by Crippen LogP contribution is -2.29. The molecule has 1 aromatic rings. The quantitative estimate of drug-likeness (QED) is 0.800. The number of carboxylic acids is 1. The van der Waals surface area contributed by atoms with Crippen LogP contribution >= 0.6 is 15.9 Å². The summed E-state index contributed by atoms with van der Waals surface area (Å²) in [4.78, 5) is 11.1. The number of carbonyl (C=O) groups is 1. The molecule has 2 rings (SSSR count). The monoisotopic (exact) mass is 375 g/mol. The van der Waals surface area contributed by atoms with Gasteiger partial charge in [0.2, 0.25) is 10.0 Å². The van der Waals surface area contributed by atoms with Crippen LogP contribution < -0.4 is 4.72 Å². The minimum absolute atomic E-state index is 0.0251. The predicted molar refractivity (Wildman–Crippen MR) is 82.9 cm³/mol. The highest BCUT2D eigenvalue weighted by atomic mass is 79.9. The molecular formula is C14H18BrNO4S. The van der Waals surface area contributed by atoms with Crippen LogP contribution in [0.1, 0.15) is 35.7 Å². The van der Waals surface area contributed by atoms with E-state index in [2.05, 4.69) is 20.7 Å². The van der Waals surface area contributed by atoms with Gasteiger partial charge in [0.15, 0.2) is 0 Å². The molecule has 0 aromatic heterocycles. The topological polar surface area (TPSA) is 83.5 Å². The Kier molecular flexibility index (Phi) is 4.75. The van der Waals surface area contributed by atoms with Crippen LogP contribution in [0.25, 0.3) is 0 Å². The largest absolute Gasteiger partial charge is 0.478 e. The van der Waals surface area contributed by atoms with Crippen LogP contribution in [0.2, 0.25) is 0 Å². The lowest BCUT2D eigenvalue weighted by Gasteiger charge is -2.14. The first-order valence-corrected chi connectivity index (χ1v) is 9.03. The van der Waals surface area contributed by atoms with E-state index in [1.54, 1.807) is 6.92 Å². The second kappa shape index (κ2) is 6.06. The molecule has 1 aromatic carbocycles. The third kappa shape index (κ3) is 3.84.